The van der Waals surface area contributed by atoms with Crippen molar-refractivity contribution in [2.45, 2.75) is 83.7 Å². The predicted molar refractivity (Wildman–Crippen MR) is 103 cm³/mol. The minimum atomic E-state index is -1.18. The molecular formula is C21H39NO4. The molecule has 0 aromatic heterocycles. The number of carbonyl (C=O) groups is 2. The van der Waals surface area contributed by atoms with E-state index in [9.17, 15) is 14.7 Å². The van der Waals surface area contributed by atoms with Gasteiger partial charge in [0.1, 0.15) is 6.54 Å². The molecule has 0 aliphatic heterocycles. The van der Waals surface area contributed by atoms with Gasteiger partial charge in [0.2, 0.25) is 0 Å². The summed E-state index contributed by atoms with van der Waals surface area (Å²) in [6, 6.07) is 0. The number of hydrogen-bond acceptors (Lipinski definition) is 4. The molecule has 0 rings (SSSR count). The number of carbonyl (C=O) groups excluding carboxylic acids is 2. The Hall–Kier alpha value is -1.36. The van der Waals surface area contributed by atoms with Crippen LogP contribution in [0.2, 0.25) is 0 Å². The number of hydrogen-bond donors (Lipinski definition) is 0. The molecule has 0 saturated carbocycles. The van der Waals surface area contributed by atoms with Crippen LogP contribution in [0.15, 0.2) is 12.2 Å². The fraction of sp³-hybridized carbons (Fsp3) is 0.810. The molecule has 0 saturated heterocycles. The van der Waals surface area contributed by atoms with E-state index in [0.29, 0.717) is 17.4 Å². The SMILES string of the molecule is CCCCCC/C=C\CCCCCC(=O)O[C@H](CC(=O)[O-])C[N+](C)(C)C. The fourth-order valence-electron chi connectivity index (χ4n) is 2.82. The van der Waals surface area contributed by atoms with E-state index in [4.69, 9.17) is 4.74 Å². The summed E-state index contributed by atoms with van der Waals surface area (Å²) < 4.78 is 5.88. The smallest absolute Gasteiger partial charge is 0.306 e. The highest BCUT2D eigenvalue weighted by atomic mass is 16.5. The summed E-state index contributed by atoms with van der Waals surface area (Å²) >= 11 is 0. The summed E-state index contributed by atoms with van der Waals surface area (Å²) in [6.07, 6.45) is 14.2. The van der Waals surface area contributed by atoms with Crippen LogP contribution in [0.1, 0.15) is 77.6 Å². The number of allylic oxidation sites excluding steroid dienone is 2. The summed E-state index contributed by atoms with van der Waals surface area (Å²) in [4.78, 5) is 22.7. The number of unbranched alkanes of at least 4 members (excludes halogenated alkanes) is 7. The first kappa shape index (κ1) is 24.6. The molecule has 0 fully saturated rings. The van der Waals surface area contributed by atoms with E-state index in [1.807, 2.05) is 21.1 Å². The molecule has 0 N–H and O–H groups in total. The Kier molecular flexibility index (Phi) is 14.0. The first-order valence-corrected chi connectivity index (χ1v) is 10.1. The molecule has 0 heterocycles. The molecule has 152 valence electrons. The van der Waals surface area contributed by atoms with E-state index in [1.54, 1.807) is 0 Å². The Bertz CT molecular complexity index is 413. The van der Waals surface area contributed by atoms with Gasteiger partial charge in [-0.1, -0.05) is 44.8 Å². The molecule has 0 aliphatic rings. The molecule has 0 spiro atoms. The quantitative estimate of drug-likeness (QED) is 0.181. The standard InChI is InChI=1S/C21H39NO4/c1-5-6-7-8-9-10-11-12-13-14-15-16-21(25)26-19(17-20(23)24)18-22(2,3)4/h10-11,19H,5-9,12-18H2,1-4H3/b11-10-/t19-/m1/s1. The summed E-state index contributed by atoms with van der Waals surface area (Å²) in [5.41, 5.74) is 0. The first-order chi connectivity index (χ1) is 12.2. The van der Waals surface area contributed by atoms with Crippen molar-refractivity contribution in [1.82, 2.24) is 0 Å². The number of likely N-dealkylation sites (N-methyl/N-ethyl adjacent to an activating group) is 1. The maximum absolute atomic E-state index is 11.9. The van der Waals surface area contributed by atoms with Crippen LogP contribution in [0.4, 0.5) is 0 Å². The second-order valence-corrected chi connectivity index (χ2v) is 8.08. The van der Waals surface area contributed by atoms with Crippen LogP contribution >= 0.6 is 0 Å². The number of aliphatic carboxylic acids is 1. The Labute approximate surface area is 160 Å². The van der Waals surface area contributed by atoms with E-state index in [1.165, 1.54) is 32.1 Å². The lowest BCUT2D eigenvalue weighted by atomic mass is 10.1. The van der Waals surface area contributed by atoms with Gasteiger partial charge in [0.25, 0.3) is 0 Å². The molecule has 0 amide bonds. The zero-order valence-corrected chi connectivity index (χ0v) is 17.3. The molecule has 0 aromatic carbocycles. The van der Waals surface area contributed by atoms with Crippen LogP contribution in [0.5, 0.6) is 0 Å². The molecule has 0 aromatic rings. The van der Waals surface area contributed by atoms with Crippen molar-refractivity contribution < 1.29 is 23.9 Å². The summed E-state index contributed by atoms with van der Waals surface area (Å²) in [5.74, 6) is -1.49. The van der Waals surface area contributed by atoms with Gasteiger partial charge in [0.15, 0.2) is 6.10 Å². The van der Waals surface area contributed by atoms with E-state index in [-0.39, 0.29) is 12.4 Å². The normalized spacial score (nSPS) is 13.1. The van der Waals surface area contributed by atoms with Crippen molar-refractivity contribution in [2.24, 2.45) is 0 Å². The zero-order valence-electron chi connectivity index (χ0n) is 17.3. The van der Waals surface area contributed by atoms with E-state index in [0.717, 1.165) is 25.7 Å². The van der Waals surface area contributed by atoms with Crippen LogP contribution < -0.4 is 5.11 Å². The molecule has 0 radical (unpaired) electrons. The molecule has 1 atom stereocenters. The van der Waals surface area contributed by atoms with Crippen LogP contribution in [-0.2, 0) is 14.3 Å². The maximum Gasteiger partial charge on any atom is 0.306 e. The van der Waals surface area contributed by atoms with E-state index < -0.39 is 12.1 Å². The van der Waals surface area contributed by atoms with Gasteiger partial charge in [-0.05, 0) is 32.1 Å². The predicted octanol–water partition coefficient (Wildman–Crippen LogP) is 3.22. The van der Waals surface area contributed by atoms with Gasteiger partial charge in [0.05, 0.1) is 21.1 Å². The van der Waals surface area contributed by atoms with Gasteiger partial charge in [-0.2, -0.15) is 0 Å². The maximum atomic E-state index is 11.9. The Balaban J connectivity index is 3.82. The molecule has 0 aliphatic carbocycles. The Morgan fingerprint density at radius 1 is 0.962 bits per heavy atom. The second kappa shape index (κ2) is 14.8. The number of esters is 1. The highest BCUT2D eigenvalue weighted by Crippen LogP contribution is 2.10. The van der Waals surface area contributed by atoms with Crippen LogP contribution in [0, 0.1) is 0 Å². The average molecular weight is 370 g/mol. The largest absolute Gasteiger partial charge is 0.550 e. The zero-order chi connectivity index (χ0) is 19.8. The van der Waals surface area contributed by atoms with Crippen molar-refractivity contribution >= 4 is 11.9 Å². The van der Waals surface area contributed by atoms with Crippen LogP contribution in [0.25, 0.3) is 0 Å². The van der Waals surface area contributed by atoms with Gasteiger partial charge >= 0.3 is 5.97 Å². The lowest BCUT2D eigenvalue weighted by Gasteiger charge is -2.29. The molecule has 26 heavy (non-hydrogen) atoms. The first-order valence-electron chi connectivity index (χ1n) is 10.1. The molecule has 0 unspecified atom stereocenters. The molecule has 0 bridgehead atoms. The molecule has 5 heteroatoms. The molecular weight excluding hydrogens is 330 g/mol. The number of carboxylic acids is 1. The van der Waals surface area contributed by atoms with Gasteiger partial charge in [-0.15, -0.1) is 0 Å². The van der Waals surface area contributed by atoms with Gasteiger partial charge < -0.3 is 19.1 Å². The van der Waals surface area contributed by atoms with E-state index in [2.05, 4.69) is 19.1 Å². The van der Waals surface area contributed by atoms with Gasteiger partial charge in [0, 0.05) is 18.8 Å². The monoisotopic (exact) mass is 369 g/mol. The number of carboxylic acid groups (broad SMARTS) is 1. The minimum Gasteiger partial charge on any atom is -0.550 e. The summed E-state index contributed by atoms with van der Waals surface area (Å²) in [6.45, 7) is 2.68. The van der Waals surface area contributed by atoms with Crippen molar-refractivity contribution in [3.05, 3.63) is 12.2 Å². The Morgan fingerprint density at radius 3 is 2.04 bits per heavy atom. The van der Waals surface area contributed by atoms with Gasteiger partial charge in [-0.25, -0.2) is 0 Å². The van der Waals surface area contributed by atoms with Crippen molar-refractivity contribution in [2.75, 3.05) is 27.7 Å². The number of ether oxygens (including phenoxy) is 1. The molecule has 5 nitrogen and oxygen atoms in total. The minimum absolute atomic E-state index is 0.246. The summed E-state index contributed by atoms with van der Waals surface area (Å²) in [7, 11) is 5.81. The third kappa shape index (κ3) is 17.5. The van der Waals surface area contributed by atoms with Crippen molar-refractivity contribution in [1.29, 1.82) is 0 Å². The topological polar surface area (TPSA) is 66.4 Å². The number of nitrogens with zero attached hydrogens (tertiary/aromatic N) is 1. The van der Waals surface area contributed by atoms with Crippen LogP contribution in [-0.4, -0.2) is 50.2 Å². The highest BCUT2D eigenvalue weighted by Gasteiger charge is 2.22. The highest BCUT2D eigenvalue weighted by molar-refractivity contribution is 5.70. The lowest BCUT2D eigenvalue weighted by molar-refractivity contribution is -0.873. The lowest BCUT2D eigenvalue weighted by Crippen LogP contribution is -2.45. The third-order valence-corrected chi connectivity index (χ3v) is 4.09. The average Bonchev–Trinajstić information content (AvgIpc) is 2.50. The van der Waals surface area contributed by atoms with Crippen molar-refractivity contribution in [3.8, 4) is 0 Å². The summed E-state index contributed by atoms with van der Waals surface area (Å²) in [5, 5.41) is 10.8. The Morgan fingerprint density at radius 2 is 1.54 bits per heavy atom. The number of quaternary nitrogens is 1. The van der Waals surface area contributed by atoms with E-state index >= 15 is 0 Å². The third-order valence-electron chi connectivity index (χ3n) is 4.09. The van der Waals surface area contributed by atoms with Crippen molar-refractivity contribution in [3.63, 3.8) is 0 Å². The van der Waals surface area contributed by atoms with Crippen LogP contribution in [0.3, 0.4) is 0 Å². The van der Waals surface area contributed by atoms with Gasteiger partial charge in [-0.3, -0.25) is 4.79 Å². The second-order valence-electron chi connectivity index (χ2n) is 8.08. The number of rotatable bonds is 16. The fourth-order valence-corrected chi connectivity index (χ4v) is 2.82.